The molecular formula is C18H24Na2O2. The Morgan fingerprint density at radius 2 is 1.59 bits per heavy atom. The molecule has 0 amide bonds. The summed E-state index contributed by atoms with van der Waals surface area (Å²) in [5.41, 5.74) is 4.95. The van der Waals surface area contributed by atoms with E-state index < -0.39 is 5.79 Å². The minimum absolute atomic E-state index is 0. The van der Waals surface area contributed by atoms with E-state index in [0.29, 0.717) is 0 Å². The molecule has 1 aliphatic rings. The van der Waals surface area contributed by atoms with Crippen molar-refractivity contribution in [3.63, 3.8) is 0 Å². The van der Waals surface area contributed by atoms with Gasteiger partial charge in [0.2, 0.25) is 0 Å². The van der Waals surface area contributed by atoms with Crippen LogP contribution in [0, 0.1) is 0 Å². The Labute approximate surface area is 177 Å². The van der Waals surface area contributed by atoms with Crippen LogP contribution in [-0.2, 0) is 0 Å². The van der Waals surface area contributed by atoms with Crippen LogP contribution in [0.15, 0.2) is 59.7 Å². The quantitative estimate of drug-likeness (QED) is 0.661. The molecule has 0 saturated heterocycles. The predicted octanol–water partition coefficient (Wildman–Crippen LogP) is 2.53. The molecule has 110 valence electrons. The molecule has 0 spiro atoms. The van der Waals surface area contributed by atoms with E-state index in [0.717, 1.165) is 18.4 Å². The van der Waals surface area contributed by atoms with E-state index >= 15 is 0 Å². The van der Waals surface area contributed by atoms with Crippen LogP contribution in [0.5, 0.6) is 0 Å². The van der Waals surface area contributed by atoms with E-state index in [4.69, 9.17) is 0 Å². The van der Waals surface area contributed by atoms with Gasteiger partial charge in [0.1, 0.15) is 0 Å². The first kappa shape index (κ1) is 22.4. The van der Waals surface area contributed by atoms with Gasteiger partial charge in [0.05, 0.1) is 0 Å². The zero-order valence-corrected chi connectivity index (χ0v) is 12.1. The first-order valence-electron chi connectivity index (χ1n) is 7.19. The summed E-state index contributed by atoms with van der Waals surface area (Å²) in [5.74, 6) is -1.69. The van der Waals surface area contributed by atoms with E-state index in [1.54, 1.807) is 0 Å². The van der Waals surface area contributed by atoms with Crippen molar-refractivity contribution < 1.29 is 10.2 Å². The van der Waals surface area contributed by atoms with Gasteiger partial charge in [0.25, 0.3) is 0 Å². The van der Waals surface area contributed by atoms with Gasteiger partial charge in [-0.25, -0.2) is 0 Å². The monoisotopic (exact) mass is 318 g/mol. The molecule has 0 heterocycles. The Kier molecular flexibility index (Phi) is 10.4. The zero-order chi connectivity index (χ0) is 14.6. The molecule has 1 aromatic carbocycles. The van der Waals surface area contributed by atoms with Crippen LogP contribution in [0.2, 0.25) is 0 Å². The van der Waals surface area contributed by atoms with Gasteiger partial charge in [-0.1, -0.05) is 56.3 Å². The van der Waals surface area contributed by atoms with Gasteiger partial charge in [-0.15, -0.1) is 0 Å². The minimum atomic E-state index is -1.69. The fourth-order valence-corrected chi connectivity index (χ4v) is 2.67. The van der Waals surface area contributed by atoms with Crippen LogP contribution in [-0.4, -0.2) is 75.1 Å². The van der Waals surface area contributed by atoms with Crippen molar-refractivity contribution >= 4 is 64.7 Å². The Hall–Kier alpha value is 0.360. The average Bonchev–Trinajstić information content (AvgIpc) is 2.46. The van der Waals surface area contributed by atoms with Crippen molar-refractivity contribution in [3.8, 4) is 0 Å². The fraction of sp³-hybridized carbons (Fsp3) is 0.333. The van der Waals surface area contributed by atoms with Gasteiger partial charge in [0, 0.05) is 6.42 Å². The summed E-state index contributed by atoms with van der Waals surface area (Å²) in [6, 6.07) is 10.4. The molecule has 0 aromatic heterocycles. The van der Waals surface area contributed by atoms with Crippen molar-refractivity contribution in [2.45, 2.75) is 38.9 Å². The molecule has 2 N–H and O–H groups in total. The molecule has 0 fully saturated rings. The van der Waals surface area contributed by atoms with Crippen molar-refractivity contribution in [1.29, 1.82) is 0 Å². The van der Waals surface area contributed by atoms with Crippen molar-refractivity contribution in [2.75, 3.05) is 0 Å². The third kappa shape index (κ3) is 5.77. The summed E-state index contributed by atoms with van der Waals surface area (Å²) >= 11 is 0. The Bertz CT molecular complexity index is 558. The summed E-state index contributed by atoms with van der Waals surface area (Å²) in [4.78, 5) is 0. The maximum atomic E-state index is 9.57. The number of hydrogen-bond acceptors (Lipinski definition) is 2. The molecule has 22 heavy (non-hydrogen) atoms. The van der Waals surface area contributed by atoms with Crippen LogP contribution in [0.1, 0.15) is 38.7 Å². The molecule has 0 bridgehead atoms. The van der Waals surface area contributed by atoms with Crippen molar-refractivity contribution in [2.24, 2.45) is 0 Å². The second-order valence-electron chi connectivity index (χ2n) is 5.11. The van der Waals surface area contributed by atoms with E-state index in [2.05, 4.69) is 38.1 Å². The summed E-state index contributed by atoms with van der Waals surface area (Å²) in [5, 5.41) is 19.1. The zero-order valence-electron chi connectivity index (χ0n) is 12.1. The van der Waals surface area contributed by atoms with Crippen LogP contribution >= 0.6 is 0 Å². The SMILES string of the molecule is CCC(C1=CCC(O)(O)C=C1)=C(CC)c1ccccc1.[NaH].[NaH]. The number of hydrogen-bond donors (Lipinski definition) is 2. The normalized spacial score (nSPS) is 16.8. The maximum absolute atomic E-state index is 9.57. The fourth-order valence-electron chi connectivity index (χ4n) is 2.67. The predicted molar refractivity (Wildman–Crippen MR) is 97.3 cm³/mol. The van der Waals surface area contributed by atoms with Gasteiger partial charge in [-0.3, -0.25) is 0 Å². The molecular weight excluding hydrogens is 294 g/mol. The summed E-state index contributed by atoms with van der Waals surface area (Å²) in [6.07, 6.45) is 7.34. The second-order valence-corrected chi connectivity index (χ2v) is 5.11. The standard InChI is InChI=1S/C18H22O2.2Na.2H/c1-3-16(14-8-6-5-7-9-14)17(4-2)15-10-12-18(19,20)13-11-15;;;;/h5-12,19-20H,3-4,13H2,1-2H3;;;;. The molecule has 2 rings (SSSR count). The van der Waals surface area contributed by atoms with Gasteiger partial charge in [0.15, 0.2) is 5.79 Å². The van der Waals surface area contributed by atoms with E-state index in [-0.39, 0.29) is 65.5 Å². The Balaban J connectivity index is 0.00000220. The molecule has 0 saturated carbocycles. The van der Waals surface area contributed by atoms with Crippen LogP contribution in [0.25, 0.3) is 5.57 Å². The average molecular weight is 318 g/mol. The van der Waals surface area contributed by atoms with Crippen molar-refractivity contribution in [1.82, 2.24) is 0 Å². The number of aliphatic hydroxyl groups is 2. The molecule has 2 nitrogen and oxygen atoms in total. The first-order chi connectivity index (χ1) is 9.57. The molecule has 0 aliphatic heterocycles. The molecule has 1 aliphatic carbocycles. The Morgan fingerprint density at radius 3 is 2.05 bits per heavy atom. The van der Waals surface area contributed by atoms with Crippen molar-refractivity contribution in [3.05, 3.63) is 65.3 Å². The third-order valence-corrected chi connectivity index (χ3v) is 3.69. The molecule has 0 unspecified atom stereocenters. The molecule has 4 heteroatoms. The van der Waals surface area contributed by atoms with E-state index in [1.807, 2.05) is 18.2 Å². The van der Waals surface area contributed by atoms with Gasteiger partial charge >= 0.3 is 59.1 Å². The number of benzene rings is 1. The van der Waals surface area contributed by atoms with Gasteiger partial charge in [-0.05, 0) is 41.2 Å². The second kappa shape index (κ2) is 10.3. The topological polar surface area (TPSA) is 40.5 Å². The first-order valence-corrected chi connectivity index (χ1v) is 7.19. The third-order valence-electron chi connectivity index (χ3n) is 3.69. The molecule has 0 radical (unpaired) electrons. The number of rotatable bonds is 4. The van der Waals surface area contributed by atoms with E-state index in [9.17, 15) is 10.2 Å². The van der Waals surface area contributed by atoms with Gasteiger partial charge in [-0.2, -0.15) is 0 Å². The summed E-state index contributed by atoms with van der Waals surface area (Å²) in [6.45, 7) is 4.30. The summed E-state index contributed by atoms with van der Waals surface area (Å²) in [7, 11) is 0. The van der Waals surface area contributed by atoms with Crippen LogP contribution < -0.4 is 0 Å². The summed E-state index contributed by atoms with van der Waals surface area (Å²) < 4.78 is 0. The van der Waals surface area contributed by atoms with E-state index in [1.165, 1.54) is 22.8 Å². The number of allylic oxidation sites excluding steroid dienone is 4. The van der Waals surface area contributed by atoms with Crippen LogP contribution in [0.3, 0.4) is 0 Å². The molecule has 0 atom stereocenters. The Morgan fingerprint density at radius 1 is 1.00 bits per heavy atom. The molecule has 1 aromatic rings. The van der Waals surface area contributed by atoms with Crippen LogP contribution in [0.4, 0.5) is 0 Å². The van der Waals surface area contributed by atoms with Gasteiger partial charge < -0.3 is 10.2 Å².